The Kier molecular flexibility index (Phi) is 5.41. The van der Waals surface area contributed by atoms with Crippen LogP contribution < -0.4 is 4.74 Å². The van der Waals surface area contributed by atoms with E-state index >= 15 is 0 Å². The fraction of sp³-hybridized carbons (Fsp3) is 0.133. The largest absolute Gasteiger partial charge is 0.426 e. The lowest BCUT2D eigenvalue weighted by molar-refractivity contribution is -0.385. The van der Waals surface area contributed by atoms with Gasteiger partial charge in [-0.05, 0) is 43.3 Å². The minimum Gasteiger partial charge on any atom is -0.426 e. The molecule has 0 unspecified atom stereocenters. The van der Waals surface area contributed by atoms with Crippen LogP contribution in [0, 0.1) is 17.0 Å². The highest BCUT2D eigenvalue weighted by Gasteiger charge is 2.12. The van der Waals surface area contributed by atoms with Gasteiger partial charge < -0.3 is 4.74 Å². The second-order valence-electron chi connectivity index (χ2n) is 4.42. The number of carbonyl (C=O) groups is 1. The van der Waals surface area contributed by atoms with Crippen LogP contribution in [0.2, 0.25) is 5.02 Å². The smallest absolute Gasteiger partial charge is 0.321 e. The van der Waals surface area contributed by atoms with Crippen molar-refractivity contribution in [2.45, 2.75) is 11.8 Å². The van der Waals surface area contributed by atoms with Gasteiger partial charge in [-0.25, -0.2) is 0 Å². The van der Waals surface area contributed by atoms with E-state index in [9.17, 15) is 14.9 Å². The average molecular weight is 338 g/mol. The number of carbonyl (C=O) groups excluding carboxylic acids is 1. The lowest BCUT2D eigenvalue weighted by Gasteiger charge is -2.05. The number of rotatable bonds is 5. The van der Waals surface area contributed by atoms with Gasteiger partial charge in [0.05, 0.1) is 10.7 Å². The number of hydrogen-bond acceptors (Lipinski definition) is 5. The lowest BCUT2D eigenvalue weighted by Crippen LogP contribution is -2.10. The van der Waals surface area contributed by atoms with Crippen LogP contribution in [0.25, 0.3) is 0 Å². The highest BCUT2D eigenvalue weighted by molar-refractivity contribution is 8.00. The van der Waals surface area contributed by atoms with Crippen molar-refractivity contribution < 1.29 is 14.5 Å². The molecule has 2 aromatic rings. The summed E-state index contributed by atoms with van der Waals surface area (Å²) < 4.78 is 5.17. The van der Waals surface area contributed by atoms with E-state index < -0.39 is 10.9 Å². The van der Waals surface area contributed by atoms with E-state index in [0.29, 0.717) is 16.3 Å². The van der Waals surface area contributed by atoms with Gasteiger partial charge in [0, 0.05) is 21.5 Å². The monoisotopic (exact) mass is 337 g/mol. The Morgan fingerprint density at radius 1 is 1.27 bits per heavy atom. The molecule has 0 aliphatic rings. The van der Waals surface area contributed by atoms with E-state index in [-0.39, 0.29) is 11.4 Å². The molecule has 114 valence electrons. The van der Waals surface area contributed by atoms with Gasteiger partial charge >= 0.3 is 5.97 Å². The maximum atomic E-state index is 11.8. The summed E-state index contributed by atoms with van der Waals surface area (Å²) in [4.78, 5) is 22.9. The van der Waals surface area contributed by atoms with Crippen molar-refractivity contribution in [2.75, 3.05) is 5.75 Å². The summed E-state index contributed by atoms with van der Waals surface area (Å²) in [6.45, 7) is 1.60. The Balaban J connectivity index is 1.93. The maximum Gasteiger partial charge on any atom is 0.321 e. The average Bonchev–Trinajstić information content (AvgIpc) is 2.46. The molecule has 0 radical (unpaired) electrons. The van der Waals surface area contributed by atoms with E-state index in [0.717, 1.165) is 4.90 Å². The molecule has 5 nitrogen and oxygen atoms in total. The van der Waals surface area contributed by atoms with Crippen LogP contribution in [0.15, 0.2) is 47.4 Å². The van der Waals surface area contributed by atoms with Gasteiger partial charge in [0.2, 0.25) is 0 Å². The zero-order valence-corrected chi connectivity index (χ0v) is 13.2. The molecular weight excluding hydrogens is 326 g/mol. The summed E-state index contributed by atoms with van der Waals surface area (Å²) >= 11 is 7.11. The SMILES string of the molecule is Cc1cc(OC(=O)CSc2ccc(Cl)cc2)ccc1[N+](=O)[O-]. The van der Waals surface area contributed by atoms with Crippen LogP contribution in [0.3, 0.4) is 0 Å². The first kappa shape index (κ1) is 16.3. The molecule has 0 N–H and O–H groups in total. The molecule has 0 atom stereocenters. The number of esters is 1. The Hall–Kier alpha value is -2.05. The molecule has 0 heterocycles. The fourth-order valence-electron chi connectivity index (χ4n) is 1.73. The van der Waals surface area contributed by atoms with E-state index in [1.54, 1.807) is 19.1 Å². The topological polar surface area (TPSA) is 69.4 Å². The number of ether oxygens (including phenoxy) is 1. The summed E-state index contributed by atoms with van der Waals surface area (Å²) in [5, 5.41) is 11.4. The molecule has 0 spiro atoms. The second kappa shape index (κ2) is 7.29. The van der Waals surface area contributed by atoms with E-state index in [1.165, 1.54) is 30.0 Å². The molecule has 7 heteroatoms. The minimum atomic E-state index is -0.475. The van der Waals surface area contributed by atoms with Gasteiger partial charge in [0.25, 0.3) is 5.69 Å². The first-order valence-electron chi connectivity index (χ1n) is 6.30. The van der Waals surface area contributed by atoms with Gasteiger partial charge in [-0.2, -0.15) is 0 Å². The summed E-state index contributed by atoms with van der Waals surface area (Å²) in [7, 11) is 0. The zero-order chi connectivity index (χ0) is 16.1. The number of nitro groups is 1. The molecule has 0 aliphatic heterocycles. The Labute approximate surface area is 136 Å². The van der Waals surface area contributed by atoms with Gasteiger partial charge in [0.15, 0.2) is 0 Å². The third-order valence-corrected chi connectivity index (χ3v) is 4.00. The molecule has 2 aromatic carbocycles. The fourth-order valence-corrected chi connectivity index (χ4v) is 2.53. The number of benzene rings is 2. The predicted molar refractivity (Wildman–Crippen MR) is 85.6 cm³/mol. The number of halogens is 1. The van der Waals surface area contributed by atoms with Gasteiger partial charge in [-0.1, -0.05) is 11.6 Å². The van der Waals surface area contributed by atoms with Crippen LogP contribution in [0.4, 0.5) is 5.69 Å². The molecule has 0 saturated carbocycles. The van der Waals surface area contributed by atoms with Crippen molar-refractivity contribution in [3.05, 3.63) is 63.2 Å². The van der Waals surface area contributed by atoms with Crippen LogP contribution >= 0.6 is 23.4 Å². The Bertz CT molecular complexity index is 703. The Morgan fingerprint density at radius 2 is 1.95 bits per heavy atom. The molecular formula is C15H12ClNO4S. The normalized spacial score (nSPS) is 10.3. The molecule has 0 saturated heterocycles. The predicted octanol–water partition coefficient (Wildman–Crippen LogP) is 4.25. The molecule has 0 aliphatic carbocycles. The van der Waals surface area contributed by atoms with Crippen LogP contribution in [-0.4, -0.2) is 16.6 Å². The van der Waals surface area contributed by atoms with Crippen LogP contribution in [0.5, 0.6) is 5.75 Å². The number of nitro benzene ring substituents is 1. The van der Waals surface area contributed by atoms with Gasteiger partial charge in [-0.15, -0.1) is 11.8 Å². The van der Waals surface area contributed by atoms with Crippen molar-refractivity contribution in [2.24, 2.45) is 0 Å². The van der Waals surface area contributed by atoms with E-state index in [4.69, 9.17) is 16.3 Å². The van der Waals surface area contributed by atoms with E-state index in [2.05, 4.69) is 0 Å². The quantitative estimate of drug-likeness (QED) is 0.268. The third-order valence-electron chi connectivity index (χ3n) is 2.77. The van der Waals surface area contributed by atoms with Crippen LogP contribution in [-0.2, 0) is 4.79 Å². The van der Waals surface area contributed by atoms with Crippen LogP contribution in [0.1, 0.15) is 5.56 Å². The zero-order valence-electron chi connectivity index (χ0n) is 11.6. The summed E-state index contributed by atoms with van der Waals surface area (Å²) in [5.74, 6) is 0.00973. The number of aryl methyl sites for hydroxylation is 1. The molecule has 22 heavy (non-hydrogen) atoms. The highest BCUT2D eigenvalue weighted by atomic mass is 35.5. The second-order valence-corrected chi connectivity index (χ2v) is 5.91. The van der Waals surface area contributed by atoms with Gasteiger partial charge in [0.1, 0.15) is 5.75 Å². The van der Waals surface area contributed by atoms with Crippen molar-refractivity contribution in [3.8, 4) is 5.75 Å². The first-order chi connectivity index (χ1) is 10.5. The summed E-state index contributed by atoms with van der Waals surface area (Å²) in [6, 6.07) is 11.3. The first-order valence-corrected chi connectivity index (χ1v) is 7.66. The molecule has 0 amide bonds. The summed E-state index contributed by atoms with van der Waals surface area (Å²) in [6.07, 6.45) is 0. The molecule has 0 aromatic heterocycles. The van der Waals surface area contributed by atoms with Gasteiger partial charge in [-0.3, -0.25) is 14.9 Å². The van der Waals surface area contributed by atoms with Crippen molar-refractivity contribution in [3.63, 3.8) is 0 Å². The Morgan fingerprint density at radius 3 is 2.55 bits per heavy atom. The maximum absolute atomic E-state index is 11.8. The number of thioether (sulfide) groups is 1. The number of nitrogens with zero attached hydrogens (tertiary/aromatic N) is 1. The lowest BCUT2D eigenvalue weighted by atomic mass is 10.2. The molecule has 2 rings (SSSR count). The standard InChI is InChI=1S/C15H12ClNO4S/c1-10-8-12(4-7-14(10)17(19)20)21-15(18)9-22-13-5-2-11(16)3-6-13/h2-8H,9H2,1H3. The highest BCUT2D eigenvalue weighted by Crippen LogP contribution is 2.24. The number of hydrogen-bond donors (Lipinski definition) is 0. The minimum absolute atomic E-state index is 0.00432. The molecule has 0 fully saturated rings. The molecule has 0 bridgehead atoms. The summed E-state index contributed by atoms with van der Waals surface area (Å²) in [5.41, 5.74) is 0.441. The van der Waals surface area contributed by atoms with Crippen molar-refractivity contribution >= 4 is 35.0 Å². The van der Waals surface area contributed by atoms with Crippen molar-refractivity contribution in [1.82, 2.24) is 0 Å². The van der Waals surface area contributed by atoms with Crippen molar-refractivity contribution in [1.29, 1.82) is 0 Å². The third kappa shape index (κ3) is 4.47. The van der Waals surface area contributed by atoms with E-state index in [1.807, 2.05) is 12.1 Å².